The van der Waals surface area contributed by atoms with Gasteiger partial charge in [-0.2, -0.15) is 14.9 Å². The summed E-state index contributed by atoms with van der Waals surface area (Å²) in [5, 5.41) is 12.3. The molecule has 0 bridgehead atoms. The molecule has 4 nitrogen and oxygen atoms in total. The Hall–Kier alpha value is -2.24. The van der Waals surface area contributed by atoms with E-state index in [-0.39, 0.29) is 5.41 Å². The molecule has 0 spiro atoms. The van der Waals surface area contributed by atoms with Crippen LogP contribution in [0.4, 0.5) is 0 Å². The van der Waals surface area contributed by atoms with Gasteiger partial charge < -0.3 is 0 Å². The summed E-state index contributed by atoms with van der Waals surface area (Å²) in [6, 6.07) is 15.7. The zero-order chi connectivity index (χ0) is 18.0. The molecule has 0 saturated carbocycles. The molecule has 0 aliphatic carbocycles. The van der Waals surface area contributed by atoms with Gasteiger partial charge in [-0.05, 0) is 40.9 Å². The number of H-pyrrole nitrogens is 1. The van der Waals surface area contributed by atoms with Crippen LogP contribution in [0.15, 0.2) is 53.6 Å². The highest BCUT2D eigenvalue weighted by Crippen LogP contribution is 2.25. The molecule has 1 heterocycles. The Morgan fingerprint density at radius 1 is 1.08 bits per heavy atom. The van der Waals surface area contributed by atoms with Gasteiger partial charge in [0.1, 0.15) is 0 Å². The maximum Gasteiger partial charge on any atom is 0.216 e. The zero-order valence-corrected chi connectivity index (χ0v) is 15.9. The molecule has 0 amide bonds. The maximum absolute atomic E-state index is 5.91. The van der Waals surface area contributed by atoms with Gasteiger partial charge in [0.25, 0.3) is 0 Å². The number of halogens is 1. The minimum Gasteiger partial charge on any atom is -0.250 e. The van der Waals surface area contributed by atoms with Crippen molar-refractivity contribution in [3.63, 3.8) is 0 Å². The SMILES string of the molecule is CC(C)(C)c1ccc(-c2n[nH]c(=S)n2/N=C\c2ccc(Cl)cc2)cc1. The van der Waals surface area contributed by atoms with Crippen LogP contribution in [0.5, 0.6) is 0 Å². The molecule has 0 aliphatic heterocycles. The van der Waals surface area contributed by atoms with Gasteiger partial charge in [-0.1, -0.05) is 68.8 Å². The van der Waals surface area contributed by atoms with E-state index in [1.54, 1.807) is 10.9 Å². The largest absolute Gasteiger partial charge is 0.250 e. The normalized spacial score (nSPS) is 12.0. The smallest absolute Gasteiger partial charge is 0.216 e. The van der Waals surface area contributed by atoms with Gasteiger partial charge in [0, 0.05) is 10.6 Å². The van der Waals surface area contributed by atoms with Gasteiger partial charge in [0.2, 0.25) is 4.77 Å². The van der Waals surface area contributed by atoms with Crippen LogP contribution in [-0.4, -0.2) is 21.1 Å². The quantitative estimate of drug-likeness (QED) is 0.492. The lowest BCUT2D eigenvalue weighted by atomic mass is 9.87. The molecule has 1 N–H and O–H groups in total. The first-order valence-electron chi connectivity index (χ1n) is 7.93. The highest BCUT2D eigenvalue weighted by molar-refractivity contribution is 7.71. The third-order valence-corrected chi connectivity index (χ3v) is 4.37. The number of benzene rings is 2. The zero-order valence-electron chi connectivity index (χ0n) is 14.3. The molecule has 6 heteroatoms. The van der Waals surface area contributed by atoms with E-state index in [0.717, 1.165) is 11.1 Å². The molecule has 2 aromatic carbocycles. The number of nitrogens with zero attached hydrogens (tertiary/aromatic N) is 3. The lowest BCUT2D eigenvalue weighted by molar-refractivity contribution is 0.590. The molecule has 128 valence electrons. The molecule has 25 heavy (non-hydrogen) atoms. The van der Waals surface area contributed by atoms with Crippen LogP contribution in [-0.2, 0) is 5.41 Å². The molecule has 1 aromatic heterocycles. The highest BCUT2D eigenvalue weighted by atomic mass is 35.5. The first-order chi connectivity index (χ1) is 11.8. The van der Waals surface area contributed by atoms with E-state index in [2.05, 4.69) is 48.2 Å². The minimum atomic E-state index is 0.107. The summed E-state index contributed by atoms with van der Waals surface area (Å²) >= 11 is 11.2. The second-order valence-corrected chi connectivity index (χ2v) is 7.61. The van der Waals surface area contributed by atoms with Crippen molar-refractivity contribution in [3.05, 3.63) is 69.5 Å². The van der Waals surface area contributed by atoms with Crippen molar-refractivity contribution < 1.29 is 0 Å². The molecule has 0 atom stereocenters. The lowest BCUT2D eigenvalue weighted by Gasteiger charge is -2.18. The first kappa shape index (κ1) is 17.6. The average molecular weight is 371 g/mol. The summed E-state index contributed by atoms with van der Waals surface area (Å²) in [5.41, 5.74) is 3.26. The fourth-order valence-electron chi connectivity index (χ4n) is 2.38. The van der Waals surface area contributed by atoms with Gasteiger partial charge >= 0.3 is 0 Å². The van der Waals surface area contributed by atoms with Crippen molar-refractivity contribution in [2.75, 3.05) is 0 Å². The van der Waals surface area contributed by atoms with Gasteiger partial charge in [-0.15, -0.1) is 0 Å². The summed E-state index contributed by atoms with van der Waals surface area (Å²) in [6.07, 6.45) is 1.73. The number of hydrogen-bond acceptors (Lipinski definition) is 3. The standard InChI is InChI=1S/C19H19ClN4S/c1-19(2,3)15-8-6-14(7-9-15)17-22-23-18(25)24(17)21-12-13-4-10-16(20)11-5-13/h4-12H,1-3H3,(H,23,25)/b21-12-. The highest BCUT2D eigenvalue weighted by Gasteiger charge is 2.14. The predicted octanol–water partition coefficient (Wildman–Crippen LogP) is 5.44. The van der Waals surface area contributed by atoms with Crippen molar-refractivity contribution in [1.82, 2.24) is 14.9 Å². The Balaban J connectivity index is 1.94. The minimum absolute atomic E-state index is 0.107. The number of rotatable bonds is 3. The van der Waals surface area contributed by atoms with Crippen molar-refractivity contribution in [1.29, 1.82) is 0 Å². The molecule has 0 unspecified atom stereocenters. The van der Waals surface area contributed by atoms with E-state index in [1.165, 1.54) is 5.56 Å². The van der Waals surface area contributed by atoms with Gasteiger partial charge in [-0.25, -0.2) is 5.10 Å². The molecule has 0 radical (unpaired) electrons. The van der Waals surface area contributed by atoms with E-state index >= 15 is 0 Å². The van der Waals surface area contributed by atoms with Crippen molar-refractivity contribution in [2.45, 2.75) is 26.2 Å². The molecular weight excluding hydrogens is 352 g/mol. The molecule has 0 saturated heterocycles. The lowest BCUT2D eigenvalue weighted by Crippen LogP contribution is -2.10. The van der Waals surface area contributed by atoms with Crippen LogP contribution in [0.1, 0.15) is 31.9 Å². The van der Waals surface area contributed by atoms with Crippen LogP contribution in [0.2, 0.25) is 5.02 Å². The maximum atomic E-state index is 5.91. The van der Waals surface area contributed by atoms with Gasteiger partial charge in [0.05, 0.1) is 6.21 Å². The van der Waals surface area contributed by atoms with Crippen LogP contribution in [0, 0.1) is 4.77 Å². The number of aromatic nitrogens is 3. The topological polar surface area (TPSA) is 46.0 Å². The third kappa shape index (κ3) is 4.06. The van der Waals surface area contributed by atoms with Crippen molar-refractivity contribution in [2.24, 2.45) is 5.10 Å². The Morgan fingerprint density at radius 2 is 1.72 bits per heavy atom. The molecule has 3 aromatic rings. The van der Waals surface area contributed by atoms with Gasteiger partial charge in [0.15, 0.2) is 5.82 Å². The van der Waals surface area contributed by atoms with Crippen LogP contribution in [0.3, 0.4) is 0 Å². The third-order valence-electron chi connectivity index (χ3n) is 3.85. The summed E-state index contributed by atoms with van der Waals surface area (Å²) in [4.78, 5) is 0. The monoisotopic (exact) mass is 370 g/mol. The Labute approximate surface area is 157 Å². The average Bonchev–Trinajstić information content (AvgIpc) is 2.94. The molecule has 0 fully saturated rings. The summed E-state index contributed by atoms with van der Waals surface area (Å²) in [5.74, 6) is 0.677. The fraction of sp³-hybridized carbons (Fsp3) is 0.211. The Morgan fingerprint density at radius 3 is 2.32 bits per heavy atom. The summed E-state index contributed by atoms with van der Waals surface area (Å²) in [7, 11) is 0. The molecule has 3 rings (SSSR count). The Kier molecular flexibility index (Phi) is 4.88. The fourth-order valence-corrected chi connectivity index (χ4v) is 2.68. The van der Waals surface area contributed by atoms with E-state index in [0.29, 0.717) is 15.6 Å². The predicted molar refractivity (Wildman–Crippen MR) is 106 cm³/mol. The number of nitrogens with one attached hydrogen (secondary N) is 1. The van der Waals surface area contributed by atoms with E-state index in [1.807, 2.05) is 36.4 Å². The van der Waals surface area contributed by atoms with Crippen LogP contribution >= 0.6 is 23.8 Å². The van der Waals surface area contributed by atoms with Crippen LogP contribution in [0.25, 0.3) is 11.4 Å². The number of aromatic amines is 1. The van der Waals surface area contributed by atoms with Crippen molar-refractivity contribution >= 4 is 30.0 Å². The molecule has 0 aliphatic rings. The van der Waals surface area contributed by atoms with Crippen molar-refractivity contribution in [3.8, 4) is 11.4 Å². The summed E-state index contributed by atoms with van der Waals surface area (Å²) < 4.78 is 2.07. The van der Waals surface area contributed by atoms with E-state index in [9.17, 15) is 0 Å². The summed E-state index contributed by atoms with van der Waals surface area (Å²) in [6.45, 7) is 6.57. The van der Waals surface area contributed by atoms with Crippen LogP contribution < -0.4 is 0 Å². The first-order valence-corrected chi connectivity index (χ1v) is 8.71. The van der Waals surface area contributed by atoms with Gasteiger partial charge in [-0.3, -0.25) is 0 Å². The second kappa shape index (κ2) is 6.94. The second-order valence-electron chi connectivity index (χ2n) is 6.79. The van der Waals surface area contributed by atoms with E-state index in [4.69, 9.17) is 23.8 Å². The van der Waals surface area contributed by atoms with E-state index < -0.39 is 0 Å². The number of hydrogen-bond donors (Lipinski definition) is 1. The Bertz CT molecular complexity index is 945. The molecular formula is C19H19ClN4S.